The van der Waals surface area contributed by atoms with E-state index in [-0.39, 0.29) is 0 Å². The SMILES string of the molecule is CCC1CCCc2c(CNCCOC)noc21. The van der Waals surface area contributed by atoms with Crippen molar-refractivity contribution in [1.82, 2.24) is 10.5 Å². The highest BCUT2D eigenvalue weighted by molar-refractivity contribution is 5.28. The smallest absolute Gasteiger partial charge is 0.143 e. The minimum absolute atomic E-state index is 0.582. The van der Waals surface area contributed by atoms with Crippen LogP contribution in [0.5, 0.6) is 0 Å². The normalized spacial score (nSPS) is 19.3. The molecule has 17 heavy (non-hydrogen) atoms. The van der Waals surface area contributed by atoms with Gasteiger partial charge in [-0.05, 0) is 25.7 Å². The van der Waals surface area contributed by atoms with Crippen LogP contribution in [-0.2, 0) is 17.7 Å². The molecule has 0 fully saturated rings. The molecule has 1 aliphatic carbocycles. The molecule has 1 atom stereocenters. The molecule has 1 aromatic rings. The molecule has 96 valence electrons. The first-order valence-electron chi connectivity index (χ1n) is 6.53. The molecule has 1 heterocycles. The molecule has 0 amide bonds. The summed E-state index contributed by atoms with van der Waals surface area (Å²) in [4.78, 5) is 0. The van der Waals surface area contributed by atoms with Gasteiger partial charge in [0.2, 0.25) is 0 Å². The van der Waals surface area contributed by atoms with Crippen molar-refractivity contribution in [1.29, 1.82) is 0 Å². The summed E-state index contributed by atoms with van der Waals surface area (Å²) in [6, 6.07) is 0. The Morgan fingerprint density at radius 3 is 3.18 bits per heavy atom. The number of hydrogen-bond acceptors (Lipinski definition) is 4. The van der Waals surface area contributed by atoms with Crippen LogP contribution >= 0.6 is 0 Å². The average Bonchev–Trinajstić information content (AvgIpc) is 2.78. The van der Waals surface area contributed by atoms with Gasteiger partial charge in [-0.1, -0.05) is 12.1 Å². The Morgan fingerprint density at radius 2 is 2.41 bits per heavy atom. The van der Waals surface area contributed by atoms with Gasteiger partial charge in [0.1, 0.15) is 11.5 Å². The first kappa shape index (κ1) is 12.6. The Labute approximate surface area is 103 Å². The number of hydrogen-bond donors (Lipinski definition) is 1. The summed E-state index contributed by atoms with van der Waals surface area (Å²) >= 11 is 0. The summed E-state index contributed by atoms with van der Waals surface area (Å²) in [7, 11) is 1.71. The number of fused-ring (bicyclic) bond motifs is 1. The average molecular weight is 238 g/mol. The maximum absolute atomic E-state index is 5.53. The van der Waals surface area contributed by atoms with Gasteiger partial charge in [-0.25, -0.2) is 0 Å². The van der Waals surface area contributed by atoms with Crippen molar-refractivity contribution in [2.24, 2.45) is 0 Å². The Bertz CT molecular complexity index is 349. The van der Waals surface area contributed by atoms with Crippen molar-refractivity contribution in [3.63, 3.8) is 0 Å². The van der Waals surface area contributed by atoms with Gasteiger partial charge in [-0.2, -0.15) is 0 Å². The zero-order valence-corrected chi connectivity index (χ0v) is 10.8. The van der Waals surface area contributed by atoms with Gasteiger partial charge in [0, 0.05) is 31.7 Å². The minimum Gasteiger partial charge on any atom is -0.383 e. The second-order valence-electron chi connectivity index (χ2n) is 4.64. The van der Waals surface area contributed by atoms with Crippen LogP contribution in [0.1, 0.15) is 49.1 Å². The zero-order chi connectivity index (χ0) is 12.1. The van der Waals surface area contributed by atoms with E-state index in [1.54, 1.807) is 7.11 Å². The number of aromatic nitrogens is 1. The summed E-state index contributed by atoms with van der Waals surface area (Å²) in [5.74, 6) is 1.72. The zero-order valence-electron chi connectivity index (χ0n) is 10.8. The number of nitrogens with zero attached hydrogens (tertiary/aromatic N) is 1. The molecule has 1 N–H and O–H groups in total. The Morgan fingerprint density at radius 1 is 1.53 bits per heavy atom. The van der Waals surface area contributed by atoms with E-state index in [0.717, 1.165) is 44.0 Å². The number of ether oxygens (including phenoxy) is 1. The minimum atomic E-state index is 0.582. The standard InChI is InChI=1S/C13H22N2O2/c1-3-10-5-4-6-11-12(15-17-13(10)11)9-14-7-8-16-2/h10,14H,3-9H2,1-2H3. The van der Waals surface area contributed by atoms with Crippen molar-refractivity contribution in [2.45, 2.75) is 45.1 Å². The van der Waals surface area contributed by atoms with Crippen LogP contribution in [-0.4, -0.2) is 25.4 Å². The predicted molar refractivity (Wildman–Crippen MR) is 66.1 cm³/mol. The largest absolute Gasteiger partial charge is 0.383 e. The van der Waals surface area contributed by atoms with E-state index in [9.17, 15) is 0 Å². The molecule has 1 aromatic heterocycles. The molecule has 1 unspecified atom stereocenters. The number of methoxy groups -OCH3 is 1. The van der Waals surface area contributed by atoms with E-state index in [4.69, 9.17) is 9.26 Å². The van der Waals surface area contributed by atoms with Gasteiger partial charge in [0.15, 0.2) is 0 Å². The third kappa shape index (κ3) is 2.87. The maximum Gasteiger partial charge on any atom is 0.143 e. The van der Waals surface area contributed by atoms with E-state index < -0.39 is 0 Å². The lowest BCUT2D eigenvalue weighted by Gasteiger charge is -2.18. The maximum atomic E-state index is 5.53. The number of rotatable bonds is 6. The summed E-state index contributed by atoms with van der Waals surface area (Å²) in [5, 5.41) is 7.54. The van der Waals surface area contributed by atoms with E-state index >= 15 is 0 Å². The summed E-state index contributed by atoms with van der Waals surface area (Å²) in [5.41, 5.74) is 2.45. The summed E-state index contributed by atoms with van der Waals surface area (Å²) in [6.45, 7) is 4.60. The van der Waals surface area contributed by atoms with Gasteiger partial charge in [-0.3, -0.25) is 0 Å². The molecular formula is C13H22N2O2. The lowest BCUT2D eigenvalue weighted by molar-refractivity contribution is 0.199. The van der Waals surface area contributed by atoms with Crippen molar-refractivity contribution in [3.05, 3.63) is 17.0 Å². The molecule has 2 rings (SSSR count). The molecule has 0 saturated heterocycles. The van der Waals surface area contributed by atoms with Gasteiger partial charge in [0.05, 0.1) is 6.61 Å². The molecule has 0 spiro atoms. The first-order chi connectivity index (χ1) is 8.36. The van der Waals surface area contributed by atoms with Crippen LogP contribution < -0.4 is 5.32 Å². The van der Waals surface area contributed by atoms with Gasteiger partial charge in [-0.15, -0.1) is 0 Å². The van der Waals surface area contributed by atoms with Crippen molar-refractivity contribution in [2.75, 3.05) is 20.3 Å². The fourth-order valence-electron chi connectivity index (χ4n) is 2.51. The fraction of sp³-hybridized carbons (Fsp3) is 0.769. The van der Waals surface area contributed by atoms with Crippen LogP contribution in [0.2, 0.25) is 0 Å². The molecule has 0 aromatic carbocycles. The van der Waals surface area contributed by atoms with Crippen molar-refractivity contribution < 1.29 is 9.26 Å². The van der Waals surface area contributed by atoms with Gasteiger partial charge >= 0.3 is 0 Å². The third-order valence-corrected chi connectivity index (χ3v) is 3.52. The molecule has 1 aliphatic rings. The molecule has 0 saturated carbocycles. The molecule has 0 aliphatic heterocycles. The Balaban J connectivity index is 1.97. The van der Waals surface area contributed by atoms with Gasteiger partial charge < -0.3 is 14.6 Å². The lowest BCUT2D eigenvalue weighted by atomic mass is 9.86. The molecular weight excluding hydrogens is 216 g/mol. The van der Waals surface area contributed by atoms with E-state index in [2.05, 4.69) is 17.4 Å². The molecule has 0 bridgehead atoms. The Kier molecular flexibility index (Phi) is 4.57. The highest BCUT2D eigenvalue weighted by atomic mass is 16.5. The van der Waals surface area contributed by atoms with Gasteiger partial charge in [0.25, 0.3) is 0 Å². The molecule has 4 nitrogen and oxygen atoms in total. The Hall–Kier alpha value is -0.870. The molecule has 0 radical (unpaired) electrons. The third-order valence-electron chi connectivity index (χ3n) is 3.52. The first-order valence-corrected chi connectivity index (χ1v) is 6.53. The fourth-order valence-corrected chi connectivity index (χ4v) is 2.51. The van der Waals surface area contributed by atoms with Crippen LogP contribution in [0.15, 0.2) is 4.52 Å². The second kappa shape index (κ2) is 6.17. The highest BCUT2D eigenvalue weighted by Crippen LogP contribution is 2.35. The highest BCUT2D eigenvalue weighted by Gasteiger charge is 2.26. The van der Waals surface area contributed by atoms with E-state index in [1.165, 1.54) is 18.4 Å². The van der Waals surface area contributed by atoms with Crippen molar-refractivity contribution in [3.8, 4) is 0 Å². The monoisotopic (exact) mass is 238 g/mol. The van der Waals surface area contributed by atoms with Crippen molar-refractivity contribution >= 4 is 0 Å². The summed E-state index contributed by atoms with van der Waals surface area (Å²) < 4.78 is 10.5. The predicted octanol–water partition coefficient (Wildman–Crippen LogP) is 2.24. The second-order valence-corrected chi connectivity index (χ2v) is 4.64. The van der Waals surface area contributed by atoms with Crippen LogP contribution in [0.25, 0.3) is 0 Å². The van der Waals surface area contributed by atoms with E-state index in [1.807, 2.05) is 0 Å². The lowest BCUT2D eigenvalue weighted by Crippen LogP contribution is -2.20. The van der Waals surface area contributed by atoms with Crippen LogP contribution in [0.3, 0.4) is 0 Å². The number of nitrogens with one attached hydrogen (secondary N) is 1. The topological polar surface area (TPSA) is 47.3 Å². The molecule has 4 heteroatoms. The van der Waals surface area contributed by atoms with Crippen LogP contribution in [0.4, 0.5) is 0 Å². The van der Waals surface area contributed by atoms with Crippen LogP contribution in [0, 0.1) is 0 Å². The van der Waals surface area contributed by atoms with E-state index in [0.29, 0.717) is 5.92 Å². The quantitative estimate of drug-likeness (QED) is 0.772. The summed E-state index contributed by atoms with van der Waals surface area (Å²) in [6.07, 6.45) is 4.78.